The third kappa shape index (κ3) is 3.63. The second-order valence-electron chi connectivity index (χ2n) is 7.40. The molecule has 0 aliphatic carbocycles. The monoisotopic (exact) mass is 420 g/mol. The molecule has 1 aromatic heterocycles. The largest absolute Gasteiger partial charge is 0.397 e. The van der Waals surface area contributed by atoms with Crippen LogP contribution in [0.2, 0.25) is 0 Å². The van der Waals surface area contributed by atoms with E-state index in [0.717, 1.165) is 13.1 Å². The number of piperazine rings is 1. The van der Waals surface area contributed by atoms with Crippen molar-refractivity contribution in [3.8, 4) is 12.3 Å². The summed E-state index contributed by atoms with van der Waals surface area (Å²) in [7, 11) is 2.03. The molecule has 1 atom stereocenters. The first-order chi connectivity index (χ1) is 14.9. The van der Waals surface area contributed by atoms with Gasteiger partial charge in [-0.05, 0) is 24.7 Å². The molecule has 0 saturated carbocycles. The summed E-state index contributed by atoms with van der Waals surface area (Å²) < 4.78 is 14.7. The van der Waals surface area contributed by atoms with Crippen LogP contribution in [0.25, 0.3) is 0 Å². The molecule has 0 radical (unpaired) electrons. The molecule has 6 N–H and O–H groups in total. The number of benzene rings is 1. The van der Waals surface area contributed by atoms with Crippen LogP contribution in [0.4, 0.5) is 27.4 Å². The zero-order valence-corrected chi connectivity index (χ0v) is 16.9. The molecule has 158 valence electrons. The lowest BCUT2D eigenvalue weighted by atomic mass is 9.94. The number of nitrogen functional groups attached to an aromatic ring is 2. The second kappa shape index (κ2) is 7.97. The Hall–Kier alpha value is -4.09. The highest BCUT2D eigenvalue weighted by Gasteiger charge is 2.30. The number of pyridine rings is 1. The summed E-state index contributed by atoms with van der Waals surface area (Å²) in [5.41, 5.74) is 13.9. The van der Waals surface area contributed by atoms with Gasteiger partial charge in [-0.1, -0.05) is 6.07 Å². The van der Waals surface area contributed by atoms with Gasteiger partial charge >= 0.3 is 0 Å². The molecule has 2 aliphatic heterocycles. The third-order valence-electron chi connectivity index (χ3n) is 5.49. The fourth-order valence-electron chi connectivity index (χ4n) is 3.81. The molecule has 1 saturated heterocycles. The van der Waals surface area contributed by atoms with E-state index < -0.39 is 6.04 Å². The molecule has 1 aromatic carbocycles. The highest BCUT2D eigenvalue weighted by Crippen LogP contribution is 2.41. The van der Waals surface area contributed by atoms with E-state index in [1.54, 1.807) is 12.1 Å². The van der Waals surface area contributed by atoms with E-state index >= 15 is 0 Å². The topological polar surface area (TPSA) is 155 Å². The van der Waals surface area contributed by atoms with Crippen molar-refractivity contribution < 1.29 is 4.39 Å². The van der Waals surface area contributed by atoms with Crippen molar-refractivity contribution in [1.82, 2.24) is 15.2 Å². The standard InChI is InChI=1S/C20H21FN10/c1-30-4-6-31(7-5-30)14-8-11(2-3-13(14)21)17-15-16(24)12(9-22)18(25)28-19(15)29-20(27-17)26-10-23/h2-3,8,17H,4-7H2,1H3,(H6,24,25,26,27,28,29). The van der Waals surface area contributed by atoms with Gasteiger partial charge in [0.2, 0.25) is 5.96 Å². The van der Waals surface area contributed by atoms with Crippen molar-refractivity contribution in [2.24, 2.45) is 4.99 Å². The van der Waals surface area contributed by atoms with Gasteiger partial charge in [-0.25, -0.2) is 14.4 Å². The molecule has 1 fully saturated rings. The van der Waals surface area contributed by atoms with Crippen LogP contribution < -0.4 is 27.0 Å². The van der Waals surface area contributed by atoms with Crippen LogP contribution in [-0.2, 0) is 0 Å². The number of nitrogens with one attached hydrogen (secondary N) is 2. The molecular weight excluding hydrogens is 399 g/mol. The number of rotatable bonds is 2. The van der Waals surface area contributed by atoms with Crippen LogP contribution in [0.5, 0.6) is 0 Å². The minimum absolute atomic E-state index is 0.0274. The number of nitrogens with two attached hydrogens (primary N) is 2. The van der Waals surface area contributed by atoms with Crippen LogP contribution in [0.1, 0.15) is 22.7 Å². The summed E-state index contributed by atoms with van der Waals surface area (Å²) in [5.74, 6) is 0.0853. The van der Waals surface area contributed by atoms with Gasteiger partial charge in [0.15, 0.2) is 6.19 Å². The maximum absolute atomic E-state index is 14.7. The Kier molecular flexibility index (Phi) is 5.19. The number of aliphatic imine (C=N–C) groups is 1. The highest BCUT2D eigenvalue weighted by atomic mass is 19.1. The van der Waals surface area contributed by atoms with Gasteiger partial charge in [0.1, 0.15) is 35.1 Å². The second-order valence-corrected chi connectivity index (χ2v) is 7.40. The van der Waals surface area contributed by atoms with E-state index in [9.17, 15) is 9.65 Å². The first-order valence-corrected chi connectivity index (χ1v) is 9.64. The summed E-state index contributed by atoms with van der Waals surface area (Å²) in [6.07, 6.45) is 1.81. The quantitative estimate of drug-likeness (QED) is 0.410. The Morgan fingerprint density at radius 3 is 2.65 bits per heavy atom. The van der Waals surface area contributed by atoms with E-state index in [1.807, 2.05) is 24.2 Å². The van der Waals surface area contributed by atoms with Crippen LogP contribution in [-0.4, -0.2) is 49.1 Å². The molecule has 31 heavy (non-hydrogen) atoms. The van der Waals surface area contributed by atoms with Crippen LogP contribution >= 0.6 is 0 Å². The van der Waals surface area contributed by atoms with E-state index in [4.69, 9.17) is 16.7 Å². The lowest BCUT2D eigenvalue weighted by Crippen LogP contribution is -2.44. The number of fused-ring (bicyclic) bond motifs is 1. The number of nitriles is 2. The van der Waals surface area contributed by atoms with Crippen molar-refractivity contribution in [2.45, 2.75) is 6.04 Å². The minimum atomic E-state index is -0.709. The molecule has 10 nitrogen and oxygen atoms in total. The number of anilines is 4. The maximum Gasteiger partial charge on any atom is 0.211 e. The van der Waals surface area contributed by atoms with Crippen LogP contribution in [0, 0.1) is 28.6 Å². The first-order valence-electron chi connectivity index (χ1n) is 9.64. The van der Waals surface area contributed by atoms with Gasteiger partial charge in [0, 0.05) is 31.7 Å². The summed E-state index contributed by atoms with van der Waals surface area (Å²) in [6, 6.07) is 6.00. The Morgan fingerprint density at radius 1 is 1.23 bits per heavy atom. The summed E-state index contributed by atoms with van der Waals surface area (Å²) in [4.78, 5) is 12.9. The normalized spacial score (nSPS) is 18.3. The van der Waals surface area contributed by atoms with E-state index in [0.29, 0.717) is 29.9 Å². The van der Waals surface area contributed by atoms with E-state index in [2.05, 4.69) is 25.5 Å². The lowest BCUT2D eigenvalue weighted by Gasteiger charge is -2.34. The zero-order valence-electron chi connectivity index (χ0n) is 16.9. The van der Waals surface area contributed by atoms with Crippen molar-refractivity contribution in [1.29, 1.82) is 10.5 Å². The van der Waals surface area contributed by atoms with Gasteiger partial charge in [-0.2, -0.15) is 10.5 Å². The molecule has 0 amide bonds. The molecule has 2 aliphatic rings. The average Bonchev–Trinajstić information content (AvgIpc) is 2.74. The van der Waals surface area contributed by atoms with Crippen LogP contribution in [0.3, 0.4) is 0 Å². The molecule has 2 aromatic rings. The van der Waals surface area contributed by atoms with E-state index in [1.165, 1.54) is 6.07 Å². The Morgan fingerprint density at radius 2 is 1.97 bits per heavy atom. The number of guanidine groups is 1. The minimum Gasteiger partial charge on any atom is -0.397 e. The third-order valence-corrected chi connectivity index (χ3v) is 5.49. The number of hydrogen-bond donors (Lipinski definition) is 4. The zero-order chi connectivity index (χ0) is 22.1. The van der Waals surface area contributed by atoms with Gasteiger partial charge in [0.25, 0.3) is 0 Å². The number of aromatic nitrogens is 1. The fourth-order valence-corrected chi connectivity index (χ4v) is 3.81. The SMILES string of the molecule is CN1CCN(c2cc(C3N=C(NC#N)Nc4nc(N)c(C#N)c(N)c43)ccc2F)CC1. The molecule has 11 heteroatoms. The van der Waals surface area contributed by atoms with Gasteiger partial charge in [-0.3, -0.25) is 5.32 Å². The number of halogens is 1. The van der Waals surface area contributed by atoms with E-state index in [-0.39, 0.29) is 34.7 Å². The summed E-state index contributed by atoms with van der Waals surface area (Å²) in [5, 5.41) is 23.8. The molecule has 1 unspecified atom stereocenters. The summed E-state index contributed by atoms with van der Waals surface area (Å²) in [6.45, 7) is 3.05. The van der Waals surface area contributed by atoms with Crippen molar-refractivity contribution >= 4 is 29.0 Å². The van der Waals surface area contributed by atoms with Gasteiger partial charge in [-0.15, -0.1) is 0 Å². The Bertz CT molecular complexity index is 1140. The van der Waals surface area contributed by atoms with Gasteiger partial charge < -0.3 is 26.6 Å². The maximum atomic E-state index is 14.7. The highest BCUT2D eigenvalue weighted by molar-refractivity contribution is 5.98. The predicted octanol–water partition coefficient (Wildman–Crippen LogP) is 0.950. The van der Waals surface area contributed by atoms with Crippen molar-refractivity contribution in [3.05, 3.63) is 40.7 Å². The molecule has 0 spiro atoms. The first kappa shape index (κ1) is 20.2. The molecule has 4 rings (SSSR count). The molecule has 0 bridgehead atoms. The Labute approximate surface area is 178 Å². The predicted molar refractivity (Wildman–Crippen MR) is 116 cm³/mol. The average molecular weight is 420 g/mol. The van der Waals surface area contributed by atoms with Crippen molar-refractivity contribution in [3.63, 3.8) is 0 Å². The smallest absolute Gasteiger partial charge is 0.211 e. The number of hydrogen-bond acceptors (Lipinski definition) is 10. The fraction of sp³-hybridized carbons (Fsp3) is 0.300. The van der Waals surface area contributed by atoms with Crippen LogP contribution in [0.15, 0.2) is 23.2 Å². The number of likely N-dealkylation sites (N-methyl/N-ethyl adjacent to an activating group) is 1. The van der Waals surface area contributed by atoms with Crippen molar-refractivity contribution in [2.75, 3.05) is 54.9 Å². The Balaban J connectivity index is 1.83. The summed E-state index contributed by atoms with van der Waals surface area (Å²) >= 11 is 0. The van der Waals surface area contributed by atoms with Gasteiger partial charge in [0.05, 0.1) is 11.4 Å². The lowest BCUT2D eigenvalue weighted by molar-refractivity contribution is 0.311. The molecular formula is C20H21FN10. The number of nitrogens with zero attached hydrogens (tertiary/aromatic N) is 6. The molecule has 3 heterocycles.